The van der Waals surface area contributed by atoms with E-state index >= 15 is 0 Å². The fourth-order valence-corrected chi connectivity index (χ4v) is 1.85. The van der Waals surface area contributed by atoms with Crippen molar-refractivity contribution in [3.63, 3.8) is 0 Å². The molecule has 0 aromatic heterocycles. The summed E-state index contributed by atoms with van der Waals surface area (Å²) in [5.41, 5.74) is 0.0851. The smallest absolute Gasteiger partial charge is 0.0790 e. The molecule has 64 valence electrons. The fourth-order valence-electron chi connectivity index (χ4n) is 1.85. The molecule has 1 nitrogen and oxygen atoms in total. The van der Waals surface area contributed by atoms with Crippen molar-refractivity contribution in [1.29, 1.82) is 0 Å². The molecular formula is C11H15N. The minimum absolute atomic E-state index is 0.0851. The van der Waals surface area contributed by atoms with Gasteiger partial charge in [-0.25, -0.2) is 0 Å². The summed E-state index contributed by atoms with van der Waals surface area (Å²) in [6.07, 6.45) is 14.4. The number of hydrogen-bond acceptors (Lipinski definition) is 1. The van der Waals surface area contributed by atoms with Gasteiger partial charge >= 0.3 is 0 Å². The van der Waals surface area contributed by atoms with E-state index in [0.29, 0.717) is 0 Å². The Bertz CT molecular complexity index is 228. The van der Waals surface area contributed by atoms with E-state index in [1.165, 1.54) is 19.3 Å². The van der Waals surface area contributed by atoms with Crippen molar-refractivity contribution in [3.8, 4) is 0 Å². The summed E-state index contributed by atoms with van der Waals surface area (Å²) in [7, 11) is 0. The van der Waals surface area contributed by atoms with Crippen LogP contribution in [0.2, 0.25) is 0 Å². The predicted molar refractivity (Wildman–Crippen MR) is 52.5 cm³/mol. The Morgan fingerprint density at radius 2 is 2.08 bits per heavy atom. The second kappa shape index (κ2) is 2.89. The van der Waals surface area contributed by atoms with E-state index in [-0.39, 0.29) is 5.54 Å². The monoisotopic (exact) mass is 161 g/mol. The molecule has 1 heteroatoms. The summed E-state index contributed by atoms with van der Waals surface area (Å²) in [5.74, 6) is 0.782. The Balaban J connectivity index is 2.18. The third-order valence-corrected chi connectivity index (χ3v) is 3.03. The van der Waals surface area contributed by atoms with Gasteiger partial charge in [-0.2, -0.15) is 0 Å². The van der Waals surface area contributed by atoms with E-state index in [2.05, 4.69) is 24.1 Å². The molecule has 1 aliphatic carbocycles. The largest absolute Gasteiger partial charge is 0.282 e. The molecule has 2 rings (SSSR count). The van der Waals surface area contributed by atoms with Crippen LogP contribution in [-0.4, -0.2) is 11.8 Å². The van der Waals surface area contributed by atoms with E-state index < -0.39 is 0 Å². The molecule has 0 radical (unpaired) electrons. The van der Waals surface area contributed by atoms with Crippen molar-refractivity contribution in [3.05, 3.63) is 24.3 Å². The van der Waals surface area contributed by atoms with Crippen LogP contribution in [0.4, 0.5) is 0 Å². The SMILES string of the molecule is CC1(C2CCC2)C=CC=CC=N1. The Morgan fingerprint density at radius 3 is 2.75 bits per heavy atom. The Morgan fingerprint density at radius 1 is 1.25 bits per heavy atom. The van der Waals surface area contributed by atoms with E-state index in [1.54, 1.807) is 0 Å². The topological polar surface area (TPSA) is 12.4 Å². The molecule has 0 N–H and O–H groups in total. The Kier molecular flexibility index (Phi) is 1.87. The highest BCUT2D eigenvalue weighted by Crippen LogP contribution is 2.39. The lowest BCUT2D eigenvalue weighted by molar-refractivity contribution is 0.224. The van der Waals surface area contributed by atoms with E-state index in [0.717, 1.165) is 5.92 Å². The second-order valence-electron chi connectivity index (χ2n) is 3.88. The predicted octanol–water partition coefficient (Wildman–Crippen LogP) is 2.74. The van der Waals surface area contributed by atoms with Crippen LogP contribution < -0.4 is 0 Å². The zero-order valence-electron chi connectivity index (χ0n) is 7.53. The van der Waals surface area contributed by atoms with E-state index in [4.69, 9.17) is 0 Å². The number of nitrogens with zero attached hydrogens (tertiary/aromatic N) is 1. The molecule has 0 aromatic rings. The summed E-state index contributed by atoms with van der Waals surface area (Å²) in [4.78, 5) is 4.58. The molecule has 0 spiro atoms. The highest BCUT2D eigenvalue weighted by Gasteiger charge is 2.35. The lowest BCUT2D eigenvalue weighted by Gasteiger charge is -2.37. The Hall–Kier alpha value is -0.850. The second-order valence-corrected chi connectivity index (χ2v) is 3.88. The van der Waals surface area contributed by atoms with Crippen molar-refractivity contribution in [2.75, 3.05) is 0 Å². The van der Waals surface area contributed by atoms with Gasteiger partial charge in [0.15, 0.2) is 0 Å². The first-order valence-corrected chi connectivity index (χ1v) is 4.71. The first-order chi connectivity index (χ1) is 5.81. The van der Waals surface area contributed by atoms with Crippen molar-refractivity contribution < 1.29 is 0 Å². The molecule has 0 bridgehead atoms. The van der Waals surface area contributed by atoms with Crippen LogP contribution in [0.3, 0.4) is 0 Å². The van der Waals surface area contributed by atoms with E-state index in [1.807, 2.05) is 18.4 Å². The third-order valence-electron chi connectivity index (χ3n) is 3.03. The van der Waals surface area contributed by atoms with Gasteiger partial charge in [0.2, 0.25) is 0 Å². The summed E-state index contributed by atoms with van der Waals surface area (Å²) in [6.45, 7) is 2.23. The maximum absolute atomic E-state index is 4.58. The molecule has 1 atom stereocenters. The van der Waals surface area contributed by atoms with Gasteiger partial charge in [-0.1, -0.05) is 24.6 Å². The van der Waals surface area contributed by atoms with Gasteiger partial charge in [0, 0.05) is 6.21 Å². The van der Waals surface area contributed by atoms with Crippen LogP contribution in [0.15, 0.2) is 29.3 Å². The molecule has 0 saturated heterocycles. The van der Waals surface area contributed by atoms with Crippen LogP contribution in [0.5, 0.6) is 0 Å². The van der Waals surface area contributed by atoms with Gasteiger partial charge in [-0.15, -0.1) is 0 Å². The molecule has 1 fully saturated rings. The molecule has 2 aliphatic rings. The van der Waals surface area contributed by atoms with Crippen LogP contribution in [0.1, 0.15) is 26.2 Å². The normalized spacial score (nSPS) is 34.8. The third kappa shape index (κ3) is 1.24. The molecule has 1 saturated carbocycles. The van der Waals surface area contributed by atoms with Gasteiger partial charge < -0.3 is 0 Å². The van der Waals surface area contributed by atoms with Gasteiger partial charge in [0.25, 0.3) is 0 Å². The standard InChI is InChI=1S/C11H15N/c1-11(10-6-5-7-10)8-3-2-4-9-12-11/h2-4,8-10H,5-7H2,1H3. The summed E-state index contributed by atoms with van der Waals surface area (Å²) in [5, 5.41) is 0. The number of rotatable bonds is 1. The van der Waals surface area contributed by atoms with Gasteiger partial charge in [0.05, 0.1) is 5.54 Å². The lowest BCUT2D eigenvalue weighted by Crippen LogP contribution is -2.35. The van der Waals surface area contributed by atoms with Crippen molar-refractivity contribution in [1.82, 2.24) is 0 Å². The lowest BCUT2D eigenvalue weighted by atomic mass is 9.72. The summed E-state index contributed by atoms with van der Waals surface area (Å²) >= 11 is 0. The highest BCUT2D eigenvalue weighted by molar-refractivity contribution is 5.73. The zero-order valence-corrected chi connectivity index (χ0v) is 7.53. The van der Waals surface area contributed by atoms with Crippen molar-refractivity contribution >= 4 is 6.21 Å². The zero-order chi connectivity index (χ0) is 8.44. The van der Waals surface area contributed by atoms with Crippen LogP contribution in [0.25, 0.3) is 0 Å². The van der Waals surface area contributed by atoms with Gasteiger partial charge in [-0.05, 0) is 31.8 Å². The van der Waals surface area contributed by atoms with Crippen LogP contribution >= 0.6 is 0 Å². The molecule has 0 aromatic carbocycles. The van der Waals surface area contributed by atoms with Crippen LogP contribution in [-0.2, 0) is 0 Å². The quantitative estimate of drug-likeness (QED) is 0.560. The Labute approximate surface area is 73.9 Å². The highest BCUT2D eigenvalue weighted by atomic mass is 14.9. The van der Waals surface area contributed by atoms with E-state index in [9.17, 15) is 0 Å². The molecule has 1 unspecified atom stereocenters. The number of aliphatic imine (C=N–C) groups is 1. The van der Waals surface area contributed by atoms with Gasteiger partial charge in [0.1, 0.15) is 0 Å². The van der Waals surface area contributed by atoms with Crippen molar-refractivity contribution in [2.45, 2.75) is 31.7 Å². The van der Waals surface area contributed by atoms with Crippen molar-refractivity contribution in [2.24, 2.45) is 10.9 Å². The average molecular weight is 161 g/mol. The van der Waals surface area contributed by atoms with Crippen LogP contribution in [0, 0.1) is 5.92 Å². The molecule has 12 heavy (non-hydrogen) atoms. The molecule has 1 aliphatic heterocycles. The fraction of sp³-hybridized carbons (Fsp3) is 0.545. The molecule has 1 heterocycles. The first kappa shape index (κ1) is 7.78. The molecule has 0 amide bonds. The first-order valence-electron chi connectivity index (χ1n) is 4.71. The minimum Gasteiger partial charge on any atom is -0.282 e. The number of hydrogen-bond donors (Lipinski definition) is 0. The number of allylic oxidation sites excluding steroid dienone is 3. The van der Waals surface area contributed by atoms with Gasteiger partial charge in [-0.3, -0.25) is 4.99 Å². The minimum atomic E-state index is 0.0851. The molecular weight excluding hydrogens is 146 g/mol. The summed E-state index contributed by atoms with van der Waals surface area (Å²) in [6, 6.07) is 0. The average Bonchev–Trinajstić information content (AvgIpc) is 2.10. The summed E-state index contributed by atoms with van der Waals surface area (Å²) < 4.78 is 0. The maximum atomic E-state index is 4.58. The maximum Gasteiger partial charge on any atom is 0.0790 e.